The monoisotopic (exact) mass is 211 g/mol. The van der Waals surface area contributed by atoms with Crippen molar-refractivity contribution in [3.63, 3.8) is 0 Å². The van der Waals surface area contributed by atoms with Gasteiger partial charge in [0.1, 0.15) is 0 Å². The fourth-order valence-corrected chi connectivity index (χ4v) is 3.06. The topological polar surface area (TPSA) is 12.0 Å². The molecule has 0 bridgehead atoms. The number of hydrogen-bond acceptors (Lipinski definition) is 1. The Balaban J connectivity index is 2.30. The maximum absolute atomic E-state index is 3.59. The third kappa shape index (κ3) is 4.55. The molecule has 0 amide bonds. The van der Waals surface area contributed by atoms with Crippen molar-refractivity contribution in [2.45, 2.75) is 71.8 Å². The van der Waals surface area contributed by atoms with E-state index >= 15 is 0 Å². The van der Waals surface area contributed by atoms with Gasteiger partial charge in [0, 0.05) is 6.04 Å². The highest BCUT2D eigenvalue weighted by molar-refractivity contribution is 4.76. The van der Waals surface area contributed by atoms with Gasteiger partial charge in [0.05, 0.1) is 0 Å². The lowest BCUT2D eigenvalue weighted by molar-refractivity contribution is 0.247. The van der Waals surface area contributed by atoms with E-state index in [1.54, 1.807) is 0 Å². The summed E-state index contributed by atoms with van der Waals surface area (Å²) in [5.74, 6) is 1.93. The first-order valence-electron chi connectivity index (χ1n) is 7.01. The van der Waals surface area contributed by atoms with Gasteiger partial charge in [0.2, 0.25) is 0 Å². The molecule has 90 valence electrons. The molecule has 1 N–H and O–H groups in total. The van der Waals surface area contributed by atoms with Crippen molar-refractivity contribution in [1.82, 2.24) is 5.32 Å². The van der Waals surface area contributed by atoms with Crippen molar-refractivity contribution in [2.75, 3.05) is 6.54 Å². The lowest BCUT2D eigenvalue weighted by Gasteiger charge is -2.30. The number of nitrogens with one attached hydrogen (secondary N) is 1. The molecule has 1 heteroatoms. The van der Waals surface area contributed by atoms with Crippen LogP contribution < -0.4 is 5.32 Å². The van der Waals surface area contributed by atoms with Crippen molar-refractivity contribution in [3.05, 3.63) is 0 Å². The Morgan fingerprint density at radius 3 is 2.33 bits per heavy atom. The molecule has 0 aromatic heterocycles. The van der Waals surface area contributed by atoms with Crippen LogP contribution in [0.1, 0.15) is 65.7 Å². The van der Waals surface area contributed by atoms with Gasteiger partial charge in [-0.25, -0.2) is 0 Å². The third-order valence-electron chi connectivity index (χ3n) is 4.12. The number of rotatable bonds is 6. The zero-order valence-electron chi connectivity index (χ0n) is 10.9. The van der Waals surface area contributed by atoms with E-state index in [9.17, 15) is 0 Å². The predicted molar refractivity (Wildman–Crippen MR) is 68.1 cm³/mol. The first kappa shape index (κ1) is 13.0. The molecular weight excluding hydrogens is 182 g/mol. The van der Waals surface area contributed by atoms with Gasteiger partial charge in [0.15, 0.2) is 0 Å². The normalized spacial score (nSPS) is 22.6. The van der Waals surface area contributed by atoms with Crippen LogP contribution in [0.4, 0.5) is 0 Å². The van der Waals surface area contributed by atoms with Crippen molar-refractivity contribution in [1.29, 1.82) is 0 Å². The molecule has 0 aromatic rings. The molecule has 0 aliphatic heterocycles. The third-order valence-corrected chi connectivity index (χ3v) is 4.12. The molecule has 0 saturated heterocycles. The molecule has 1 rings (SSSR count). The first-order chi connectivity index (χ1) is 7.27. The molecule has 2 unspecified atom stereocenters. The molecule has 1 saturated carbocycles. The summed E-state index contributed by atoms with van der Waals surface area (Å²) < 4.78 is 0. The summed E-state index contributed by atoms with van der Waals surface area (Å²) >= 11 is 0. The molecule has 0 aromatic carbocycles. The van der Waals surface area contributed by atoms with Gasteiger partial charge >= 0.3 is 0 Å². The Kier molecular flexibility index (Phi) is 6.31. The Morgan fingerprint density at radius 2 is 1.80 bits per heavy atom. The van der Waals surface area contributed by atoms with Crippen LogP contribution in [0.3, 0.4) is 0 Å². The largest absolute Gasteiger partial charge is 0.314 e. The lowest BCUT2D eigenvalue weighted by Crippen LogP contribution is -2.34. The van der Waals surface area contributed by atoms with E-state index in [0.717, 1.165) is 18.4 Å². The zero-order chi connectivity index (χ0) is 11.1. The van der Waals surface area contributed by atoms with E-state index in [0.29, 0.717) is 6.04 Å². The van der Waals surface area contributed by atoms with Gasteiger partial charge in [-0.2, -0.15) is 0 Å². The summed E-state index contributed by atoms with van der Waals surface area (Å²) in [5.41, 5.74) is 0. The summed E-state index contributed by atoms with van der Waals surface area (Å²) in [5, 5.41) is 3.59. The minimum absolute atomic E-state index is 0.710. The second-order valence-corrected chi connectivity index (χ2v) is 5.25. The predicted octanol–water partition coefficient (Wildman–Crippen LogP) is 3.98. The number of hydrogen-bond donors (Lipinski definition) is 1. The van der Waals surface area contributed by atoms with Crippen LogP contribution >= 0.6 is 0 Å². The smallest absolute Gasteiger partial charge is 0.00668 e. The summed E-state index contributed by atoms with van der Waals surface area (Å²) in [4.78, 5) is 0. The van der Waals surface area contributed by atoms with E-state index < -0.39 is 0 Å². The average Bonchev–Trinajstić information content (AvgIpc) is 2.27. The van der Waals surface area contributed by atoms with Crippen LogP contribution in [-0.4, -0.2) is 12.6 Å². The Bertz CT molecular complexity index is 149. The second kappa shape index (κ2) is 7.27. The van der Waals surface area contributed by atoms with Crippen LogP contribution in [-0.2, 0) is 0 Å². The maximum Gasteiger partial charge on any atom is 0.00668 e. The van der Waals surface area contributed by atoms with Crippen molar-refractivity contribution >= 4 is 0 Å². The molecule has 15 heavy (non-hydrogen) atoms. The fraction of sp³-hybridized carbons (Fsp3) is 1.00. The van der Waals surface area contributed by atoms with Gasteiger partial charge in [-0.1, -0.05) is 52.4 Å². The molecule has 0 radical (unpaired) electrons. The Labute approximate surface area is 96.0 Å². The summed E-state index contributed by atoms with van der Waals surface area (Å²) in [6.07, 6.45) is 10.2. The van der Waals surface area contributed by atoms with Gasteiger partial charge in [-0.3, -0.25) is 0 Å². The molecule has 1 nitrogen and oxygen atoms in total. The molecular formula is C14H29N. The average molecular weight is 211 g/mol. The zero-order valence-corrected chi connectivity index (χ0v) is 10.9. The van der Waals surface area contributed by atoms with E-state index in [-0.39, 0.29) is 0 Å². The van der Waals surface area contributed by atoms with E-state index in [4.69, 9.17) is 0 Å². The van der Waals surface area contributed by atoms with Gasteiger partial charge in [-0.05, 0) is 31.7 Å². The van der Waals surface area contributed by atoms with E-state index in [2.05, 4.69) is 26.1 Å². The van der Waals surface area contributed by atoms with Crippen molar-refractivity contribution < 1.29 is 0 Å². The molecule has 0 spiro atoms. The Morgan fingerprint density at radius 1 is 1.13 bits per heavy atom. The van der Waals surface area contributed by atoms with Crippen LogP contribution in [0, 0.1) is 11.8 Å². The summed E-state index contributed by atoms with van der Waals surface area (Å²) in [6, 6.07) is 0.710. The van der Waals surface area contributed by atoms with Crippen LogP contribution in [0.25, 0.3) is 0 Å². The minimum Gasteiger partial charge on any atom is -0.314 e. The fourth-order valence-electron chi connectivity index (χ4n) is 3.06. The molecule has 1 aliphatic rings. The minimum atomic E-state index is 0.710. The highest BCUT2D eigenvalue weighted by atomic mass is 14.9. The highest BCUT2D eigenvalue weighted by Crippen LogP contribution is 2.31. The van der Waals surface area contributed by atoms with Crippen molar-refractivity contribution in [2.24, 2.45) is 11.8 Å². The van der Waals surface area contributed by atoms with E-state index in [1.165, 1.54) is 44.9 Å². The highest BCUT2D eigenvalue weighted by Gasteiger charge is 2.21. The molecule has 1 fully saturated rings. The van der Waals surface area contributed by atoms with Crippen LogP contribution in [0.5, 0.6) is 0 Å². The van der Waals surface area contributed by atoms with Crippen molar-refractivity contribution in [3.8, 4) is 0 Å². The quantitative estimate of drug-likeness (QED) is 0.700. The lowest BCUT2D eigenvalue weighted by atomic mass is 9.80. The molecule has 2 atom stereocenters. The van der Waals surface area contributed by atoms with Gasteiger partial charge in [0.25, 0.3) is 0 Å². The molecule has 1 aliphatic carbocycles. The summed E-state index contributed by atoms with van der Waals surface area (Å²) in [7, 11) is 0. The van der Waals surface area contributed by atoms with Gasteiger partial charge in [-0.15, -0.1) is 0 Å². The van der Waals surface area contributed by atoms with Crippen LogP contribution in [0.15, 0.2) is 0 Å². The SMILES string of the molecule is CCNC(C)C(CC)CC1CCCCC1. The Hall–Kier alpha value is -0.0400. The standard InChI is InChI=1S/C14H29N/c1-4-14(12(3)15-5-2)11-13-9-7-6-8-10-13/h12-15H,4-11H2,1-3H3. The maximum atomic E-state index is 3.59. The first-order valence-corrected chi connectivity index (χ1v) is 7.01. The summed E-state index contributed by atoms with van der Waals surface area (Å²) in [6.45, 7) is 8.04. The second-order valence-electron chi connectivity index (χ2n) is 5.25. The van der Waals surface area contributed by atoms with E-state index in [1.807, 2.05) is 0 Å². The molecule has 0 heterocycles. The van der Waals surface area contributed by atoms with Crippen LogP contribution in [0.2, 0.25) is 0 Å². The van der Waals surface area contributed by atoms with Gasteiger partial charge < -0.3 is 5.32 Å².